The summed E-state index contributed by atoms with van der Waals surface area (Å²) in [5.41, 5.74) is 1.64. The largest absolute Gasteiger partial charge is 0.481 e. The molecule has 1 N–H and O–H groups in total. The SMILES string of the molecule is COc1c(CNCC(C)(C)C#N)c(C)nn1C. The number of hydrogen-bond donors (Lipinski definition) is 1. The molecule has 0 aromatic carbocycles. The summed E-state index contributed by atoms with van der Waals surface area (Å²) in [7, 11) is 3.49. The molecular weight excluding hydrogens is 216 g/mol. The molecule has 0 saturated carbocycles. The Morgan fingerprint density at radius 2 is 2.18 bits per heavy atom. The van der Waals surface area contributed by atoms with Crippen LogP contribution in [0.25, 0.3) is 0 Å². The van der Waals surface area contributed by atoms with Crippen LogP contribution in [0.15, 0.2) is 0 Å². The molecule has 17 heavy (non-hydrogen) atoms. The normalized spacial score (nSPS) is 11.3. The summed E-state index contributed by atoms with van der Waals surface area (Å²) in [5, 5.41) is 16.5. The van der Waals surface area contributed by atoms with Crippen molar-refractivity contribution < 1.29 is 4.74 Å². The molecule has 0 spiro atoms. The highest BCUT2D eigenvalue weighted by molar-refractivity contribution is 5.30. The van der Waals surface area contributed by atoms with Gasteiger partial charge in [-0.2, -0.15) is 10.4 Å². The van der Waals surface area contributed by atoms with Crippen LogP contribution < -0.4 is 10.1 Å². The highest BCUT2D eigenvalue weighted by Crippen LogP contribution is 2.21. The van der Waals surface area contributed by atoms with E-state index in [-0.39, 0.29) is 5.41 Å². The standard InChI is InChI=1S/C12H20N4O/c1-9-10(11(17-5)16(4)15-9)6-14-8-12(2,3)7-13/h14H,6,8H2,1-5H3. The molecule has 0 fully saturated rings. The summed E-state index contributed by atoms with van der Waals surface area (Å²) < 4.78 is 7.03. The maximum absolute atomic E-state index is 8.92. The summed E-state index contributed by atoms with van der Waals surface area (Å²) in [6, 6.07) is 2.26. The molecule has 0 bridgehead atoms. The first-order valence-corrected chi connectivity index (χ1v) is 5.59. The molecular formula is C12H20N4O. The number of hydrogen-bond acceptors (Lipinski definition) is 4. The molecule has 0 aliphatic carbocycles. The Hall–Kier alpha value is -1.54. The van der Waals surface area contributed by atoms with Crippen LogP contribution in [0.4, 0.5) is 0 Å². The average molecular weight is 236 g/mol. The van der Waals surface area contributed by atoms with Gasteiger partial charge in [-0.15, -0.1) is 0 Å². The number of nitriles is 1. The first-order chi connectivity index (χ1) is 7.91. The fourth-order valence-electron chi connectivity index (χ4n) is 1.68. The molecule has 94 valence electrons. The molecule has 0 atom stereocenters. The predicted molar refractivity (Wildman–Crippen MR) is 65.6 cm³/mol. The van der Waals surface area contributed by atoms with Crippen LogP contribution in [-0.2, 0) is 13.6 Å². The van der Waals surface area contributed by atoms with E-state index in [0.29, 0.717) is 13.1 Å². The number of ether oxygens (including phenoxy) is 1. The topological polar surface area (TPSA) is 62.9 Å². The molecule has 0 radical (unpaired) electrons. The van der Waals surface area contributed by atoms with Crippen molar-refractivity contribution in [1.29, 1.82) is 5.26 Å². The molecule has 1 heterocycles. The van der Waals surface area contributed by atoms with Crippen molar-refractivity contribution in [3.63, 3.8) is 0 Å². The maximum Gasteiger partial charge on any atom is 0.216 e. The third kappa shape index (κ3) is 3.21. The van der Waals surface area contributed by atoms with Gasteiger partial charge in [-0.3, -0.25) is 0 Å². The Kier molecular flexibility index (Phi) is 4.13. The second-order valence-corrected chi connectivity index (χ2v) is 4.80. The van der Waals surface area contributed by atoms with Gasteiger partial charge in [0.1, 0.15) is 0 Å². The number of methoxy groups -OCH3 is 1. The Balaban J connectivity index is 2.67. The lowest BCUT2D eigenvalue weighted by atomic mass is 9.96. The Morgan fingerprint density at radius 3 is 2.71 bits per heavy atom. The van der Waals surface area contributed by atoms with E-state index in [1.165, 1.54) is 0 Å². The van der Waals surface area contributed by atoms with Gasteiger partial charge in [0.25, 0.3) is 0 Å². The predicted octanol–water partition coefficient (Wildman–Crippen LogP) is 1.38. The van der Waals surface area contributed by atoms with Crippen molar-refractivity contribution in [2.75, 3.05) is 13.7 Å². The van der Waals surface area contributed by atoms with Gasteiger partial charge in [0.2, 0.25) is 5.88 Å². The van der Waals surface area contributed by atoms with Crippen LogP contribution in [0.5, 0.6) is 5.88 Å². The van der Waals surface area contributed by atoms with Gasteiger partial charge < -0.3 is 10.1 Å². The van der Waals surface area contributed by atoms with Crippen LogP contribution >= 0.6 is 0 Å². The third-order valence-electron chi connectivity index (χ3n) is 2.65. The molecule has 0 aliphatic rings. The smallest absolute Gasteiger partial charge is 0.216 e. The zero-order valence-corrected chi connectivity index (χ0v) is 11.2. The molecule has 0 amide bonds. The van der Waals surface area contributed by atoms with E-state index < -0.39 is 0 Å². The zero-order chi connectivity index (χ0) is 13.1. The number of aromatic nitrogens is 2. The fourth-order valence-corrected chi connectivity index (χ4v) is 1.68. The van der Waals surface area contributed by atoms with E-state index in [2.05, 4.69) is 16.5 Å². The van der Waals surface area contributed by atoms with Crippen molar-refractivity contribution in [3.8, 4) is 11.9 Å². The number of nitrogens with zero attached hydrogens (tertiary/aromatic N) is 3. The third-order valence-corrected chi connectivity index (χ3v) is 2.65. The quantitative estimate of drug-likeness (QED) is 0.839. The summed E-state index contributed by atoms with van der Waals surface area (Å²) in [6.07, 6.45) is 0. The fraction of sp³-hybridized carbons (Fsp3) is 0.667. The molecule has 0 unspecified atom stereocenters. The second kappa shape index (κ2) is 5.19. The van der Waals surface area contributed by atoms with Gasteiger partial charge in [-0.05, 0) is 20.8 Å². The molecule has 0 aliphatic heterocycles. The summed E-state index contributed by atoms with van der Waals surface area (Å²) >= 11 is 0. The molecule has 1 aromatic rings. The van der Waals surface area contributed by atoms with Gasteiger partial charge in [-0.1, -0.05) is 0 Å². The molecule has 0 saturated heterocycles. The monoisotopic (exact) mass is 236 g/mol. The van der Waals surface area contributed by atoms with E-state index in [4.69, 9.17) is 10.00 Å². The van der Waals surface area contributed by atoms with Crippen molar-refractivity contribution in [3.05, 3.63) is 11.3 Å². The van der Waals surface area contributed by atoms with E-state index in [1.54, 1.807) is 11.8 Å². The lowest BCUT2D eigenvalue weighted by molar-refractivity contribution is 0.366. The molecule has 5 heteroatoms. The van der Waals surface area contributed by atoms with E-state index >= 15 is 0 Å². The minimum atomic E-state index is -0.358. The van der Waals surface area contributed by atoms with Gasteiger partial charge in [0, 0.05) is 20.1 Å². The van der Waals surface area contributed by atoms with Gasteiger partial charge in [-0.25, -0.2) is 4.68 Å². The Bertz CT molecular complexity index is 428. The minimum Gasteiger partial charge on any atom is -0.481 e. The van der Waals surface area contributed by atoms with Crippen molar-refractivity contribution in [2.24, 2.45) is 12.5 Å². The second-order valence-electron chi connectivity index (χ2n) is 4.80. The Morgan fingerprint density at radius 1 is 1.53 bits per heavy atom. The van der Waals surface area contributed by atoms with Crippen molar-refractivity contribution in [1.82, 2.24) is 15.1 Å². The van der Waals surface area contributed by atoms with Gasteiger partial charge >= 0.3 is 0 Å². The lowest BCUT2D eigenvalue weighted by Gasteiger charge is -2.16. The summed E-state index contributed by atoms with van der Waals surface area (Å²) in [5.74, 6) is 0.768. The van der Waals surface area contributed by atoms with Gasteiger partial charge in [0.05, 0.1) is 29.9 Å². The van der Waals surface area contributed by atoms with Crippen molar-refractivity contribution >= 4 is 0 Å². The lowest BCUT2D eigenvalue weighted by Crippen LogP contribution is -2.27. The van der Waals surface area contributed by atoms with Crippen molar-refractivity contribution in [2.45, 2.75) is 27.3 Å². The Labute approximate surface area is 102 Å². The van der Waals surface area contributed by atoms with E-state index in [1.807, 2.05) is 27.8 Å². The highest BCUT2D eigenvalue weighted by atomic mass is 16.5. The van der Waals surface area contributed by atoms with Gasteiger partial charge in [0.15, 0.2) is 0 Å². The maximum atomic E-state index is 8.92. The molecule has 1 rings (SSSR count). The van der Waals surface area contributed by atoms with Crippen LogP contribution in [0.2, 0.25) is 0 Å². The average Bonchev–Trinajstić information content (AvgIpc) is 2.53. The first-order valence-electron chi connectivity index (χ1n) is 5.59. The molecule has 5 nitrogen and oxygen atoms in total. The number of aryl methyl sites for hydroxylation is 2. The first kappa shape index (κ1) is 13.5. The van der Waals surface area contributed by atoms with Crippen LogP contribution in [0.3, 0.4) is 0 Å². The van der Waals surface area contributed by atoms with E-state index in [9.17, 15) is 0 Å². The number of nitrogens with one attached hydrogen (secondary N) is 1. The number of rotatable bonds is 5. The zero-order valence-electron chi connectivity index (χ0n) is 11.2. The van der Waals surface area contributed by atoms with Crippen LogP contribution in [-0.4, -0.2) is 23.4 Å². The van der Waals surface area contributed by atoms with Crippen LogP contribution in [0.1, 0.15) is 25.1 Å². The minimum absolute atomic E-state index is 0.358. The summed E-state index contributed by atoms with van der Waals surface area (Å²) in [4.78, 5) is 0. The highest BCUT2D eigenvalue weighted by Gasteiger charge is 2.18. The summed E-state index contributed by atoms with van der Waals surface area (Å²) in [6.45, 7) is 7.07. The van der Waals surface area contributed by atoms with E-state index in [0.717, 1.165) is 17.1 Å². The van der Waals surface area contributed by atoms with Crippen LogP contribution in [0, 0.1) is 23.7 Å². The molecule has 1 aromatic heterocycles.